The molecule has 0 bridgehead atoms. The Hall–Kier alpha value is -1.15. The van der Waals surface area contributed by atoms with Crippen molar-refractivity contribution >= 4 is 15.9 Å². The second kappa shape index (κ2) is 4.67. The smallest absolute Gasteiger partial charge is 0.237 e. The molecule has 7 heteroatoms. The van der Waals surface area contributed by atoms with Gasteiger partial charge < -0.3 is 14.0 Å². The summed E-state index contributed by atoms with van der Waals surface area (Å²) in [6, 6.07) is 0. The number of nitrogens with zero attached hydrogens (tertiary/aromatic N) is 1. The molecule has 1 saturated heterocycles. The Labute approximate surface area is 129 Å². The van der Waals surface area contributed by atoms with Crippen molar-refractivity contribution in [1.29, 1.82) is 0 Å². The molecule has 0 N–H and O–H groups in total. The summed E-state index contributed by atoms with van der Waals surface area (Å²) in [6.07, 6.45) is 5.97. The lowest BCUT2D eigenvalue weighted by atomic mass is 9.80. The lowest BCUT2D eigenvalue weighted by Gasteiger charge is -2.53. The zero-order valence-electron chi connectivity index (χ0n) is 11.4. The first kappa shape index (κ1) is 13.5. The highest BCUT2D eigenvalue weighted by Crippen LogP contribution is 2.53. The molecule has 1 aromatic rings. The highest BCUT2D eigenvalue weighted by molar-refractivity contribution is 9.10. The lowest BCUT2D eigenvalue weighted by Crippen LogP contribution is -2.63. The van der Waals surface area contributed by atoms with E-state index in [0.29, 0.717) is 35.5 Å². The highest BCUT2D eigenvalue weighted by atomic mass is 79.9. The maximum Gasteiger partial charge on any atom is 0.237 e. The molecule has 1 fully saturated rings. The number of hydrogen-bond acceptors (Lipinski definition) is 5. The number of rotatable bonds is 1. The number of pyridine rings is 1. The van der Waals surface area contributed by atoms with Crippen LogP contribution in [0.25, 0.3) is 0 Å². The molecule has 3 atom stereocenters. The van der Waals surface area contributed by atoms with Crippen LogP contribution in [0.15, 0.2) is 27.6 Å². The molecule has 112 valence electrons. The molecule has 0 saturated carbocycles. The Kier molecular flexibility index (Phi) is 3.01. The molecule has 3 aliphatic heterocycles. The van der Waals surface area contributed by atoms with Crippen LogP contribution in [0.2, 0.25) is 0 Å². The average molecular weight is 356 g/mol. The molecule has 0 amide bonds. The van der Waals surface area contributed by atoms with Crippen molar-refractivity contribution in [1.82, 2.24) is 4.57 Å². The lowest BCUT2D eigenvalue weighted by molar-refractivity contribution is -0.535. The van der Waals surface area contributed by atoms with Gasteiger partial charge in [-0.25, -0.2) is 9.78 Å². The molecule has 0 aliphatic carbocycles. The maximum absolute atomic E-state index is 12.2. The van der Waals surface area contributed by atoms with Gasteiger partial charge >= 0.3 is 0 Å². The second-order valence-electron chi connectivity index (χ2n) is 5.39. The van der Waals surface area contributed by atoms with Crippen LogP contribution in [-0.4, -0.2) is 30.0 Å². The van der Waals surface area contributed by atoms with Crippen molar-refractivity contribution in [2.45, 2.75) is 30.8 Å². The zero-order chi connectivity index (χ0) is 14.6. The van der Waals surface area contributed by atoms with Gasteiger partial charge in [-0.2, -0.15) is 0 Å². The van der Waals surface area contributed by atoms with Gasteiger partial charge in [0.2, 0.25) is 5.43 Å². The van der Waals surface area contributed by atoms with Crippen LogP contribution in [0.1, 0.15) is 18.2 Å². The monoisotopic (exact) mass is 355 g/mol. The first-order valence-corrected chi connectivity index (χ1v) is 7.54. The average Bonchev–Trinajstić information content (AvgIpc) is 2.67. The zero-order valence-corrected chi connectivity index (χ0v) is 13.0. The number of fused-ring (bicyclic) bond motifs is 2. The number of halogens is 1. The Bertz CT molecular complexity index is 685. The van der Waals surface area contributed by atoms with Gasteiger partial charge in [0.1, 0.15) is 11.8 Å². The van der Waals surface area contributed by atoms with Crippen molar-refractivity contribution in [3.8, 4) is 5.75 Å². The molecular formula is C14H14BrNO5. The Morgan fingerprint density at radius 1 is 1.48 bits per heavy atom. The third-order valence-corrected chi connectivity index (χ3v) is 4.90. The number of hydrogen-bond donors (Lipinski definition) is 0. The van der Waals surface area contributed by atoms with E-state index >= 15 is 0 Å². The van der Waals surface area contributed by atoms with Gasteiger partial charge in [0.15, 0.2) is 17.5 Å². The van der Waals surface area contributed by atoms with E-state index in [1.165, 1.54) is 7.11 Å². The van der Waals surface area contributed by atoms with Gasteiger partial charge in [0.05, 0.1) is 24.7 Å². The van der Waals surface area contributed by atoms with E-state index in [2.05, 4.69) is 15.9 Å². The minimum atomic E-state index is -0.569. The molecule has 4 heterocycles. The standard InChI is InChI=1S/C14H14BrNO5/c1-18-12-10-13-14(21-20-13)4-2-3-5-19-9(14)7-16(10)6-8(15)11(12)17/h2-3,6,9,13H,4-5,7H2,1H3. The minimum Gasteiger partial charge on any atom is -0.491 e. The van der Waals surface area contributed by atoms with Crippen LogP contribution in [-0.2, 0) is 21.1 Å². The van der Waals surface area contributed by atoms with Crippen LogP contribution in [0.5, 0.6) is 5.75 Å². The van der Waals surface area contributed by atoms with E-state index in [4.69, 9.17) is 19.2 Å². The fourth-order valence-electron chi connectivity index (χ4n) is 3.26. The summed E-state index contributed by atoms with van der Waals surface area (Å²) >= 11 is 3.28. The molecule has 21 heavy (non-hydrogen) atoms. The van der Waals surface area contributed by atoms with E-state index in [-0.39, 0.29) is 17.6 Å². The molecule has 3 aliphatic rings. The molecule has 4 rings (SSSR count). The minimum absolute atomic E-state index is 0.127. The Balaban J connectivity index is 1.91. The first-order chi connectivity index (χ1) is 10.2. The van der Waals surface area contributed by atoms with Gasteiger partial charge in [-0.3, -0.25) is 4.79 Å². The summed E-state index contributed by atoms with van der Waals surface area (Å²) in [7, 11) is 1.49. The number of ether oxygens (including phenoxy) is 2. The first-order valence-electron chi connectivity index (χ1n) is 6.75. The van der Waals surface area contributed by atoms with Crippen molar-refractivity contribution in [2.75, 3.05) is 13.7 Å². The van der Waals surface area contributed by atoms with Gasteiger partial charge in [-0.1, -0.05) is 12.2 Å². The van der Waals surface area contributed by atoms with Crippen LogP contribution >= 0.6 is 15.9 Å². The molecular weight excluding hydrogens is 342 g/mol. The molecule has 0 aromatic carbocycles. The normalized spacial score (nSPS) is 33.2. The highest BCUT2D eigenvalue weighted by Gasteiger charge is 2.62. The summed E-state index contributed by atoms with van der Waals surface area (Å²) in [5, 5.41) is 0. The van der Waals surface area contributed by atoms with Crippen molar-refractivity contribution in [3.63, 3.8) is 0 Å². The predicted molar refractivity (Wildman–Crippen MR) is 76.1 cm³/mol. The number of methoxy groups -OCH3 is 1. The third kappa shape index (κ3) is 1.72. The van der Waals surface area contributed by atoms with Crippen molar-refractivity contribution in [2.24, 2.45) is 0 Å². The fraction of sp³-hybridized carbons (Fsp3) is 0.500. The molecule has 0 radical (unpaired) electrons. The molecule has 1 spiro atoms. The summed E-state index contributed by atoms with van der Waals surface area (Å²) < 4.78 is 13.6. The van der Waals surface area contributed by atoms with Gasteiger partial charge in [-0.15, -0.1) is 0 Å². The topological polar surface area (TPSA) is 58.9 Å². The molecule has 1 aromatic heterocycles. The summed E-state index contributed by atoms with van der Waals surface area (Å²) in [4.78, 5) is 23.1. The molecule has 3 unspecified atom stereocenters. The fourth-order valence-corrected chi connectivity index (χ4v) is 3.69. The largest absolute Gasteiger partial charge is 0.491 e. The van der Waals surface area contributed by atoms with Crippen molar-refractivity contribution < 1.29 is 19.2 Å². The van der Waals surface area contributed by atoms with Crippen LogP contribution < -0.4 is 10.2 Å². The van der Waals surface area contributed by atoms with Gasteiger partial charge in [-0.05, 0) is 15.9 Å². The second-order valence-corrected chi connectivity index (χ2v) is 6.24. The quantitative estimate of drug-likeness (QED) is 0.567. The van der Waals surface area contributed by atoms with Crippen LogP contribution in [0.3, 0.4) is 0 Å². The maximum atomic E-state index is 12.2. The third-order valence-electron chi connectivity index (χ3n) is 4.33. The van der Waals surface area contributed by atoms with E-state index < -0.39 is 5.60 Å². The summed E-state index contributed by atoms with van der Waals surface area (Å²) in [5.41, 5.74) is -0.0365. The Morgan fingerprint density at radius 2 is 2.33 bits per heavy atom. The van der Waals surface area contributed by atoms with E-state index in [1.807, 2.05) is 16.7 Å². The van der Waals surface area contributed by atoms with Crippen LogP contribution in [0.4, 0.5) is 0 Å². The summed E-state index contributed by atoms with van der Waals surface area (Å²) in [6.45, 7) is 1.14. The predicted octanol–water partition coefficient (Wildman–Crippen LogP) is 1.72. The number of aromatic nitrogens is 1. The SMILES string of the molecule is COc1c2n(cc(Br)c1=O)CC1OCC=CCC13OOC23. The molecule has 6 nitrogen and oxygen atoms in total. The Morgan fingerprint density at radius 3 is 3.05 bits per heavy atom. The van der Waals surface area contributed by atoms with E-state index in [1.54, 1.807) is 6.20 Å². The van der Waals surface area contributed by atoms with E-state index in [0.717, 1.165) is 0 Å². The summed E-state index contributed by atoms with van der Waals surface area (Å²) in [5.74, 6) is 0.295. The van der Waals surface area contributed by atoms with Crippen LogP contribution in [0, 0.1) is 0 Å². The van der Waals surface area contributed by atoms with Gasteiger partial charge in [0, 0.05) is 12.6 Å². The van der Waals surface area contributed by atoms with Crippen molar-refractivity contribution in [3.05, 3.63) is 38.7 Å². The van der Waals surface area contributed by atoms with E-state index in [9.17, 15) is 4.79 Å². The van der Waals surface area contributed by atoms with Gasteiger partial charge in [0.25, 0.3) is 0 Å².